The molecule has 0 aromatic heterocycles. The predicted octanol–water partition coefficient (Wildman–Crippen LogP) is 4.25. The largest absolute Gasteiger partial charge is 0.397 e. The lowest BCUT2D eigenvalue weighted by Gasteiger charge is -2.39. The number of nitrogen functional groups attached to an aromatic ring is 1. The lowest BCUT2D eigenvalue weighted by atomic mass is 9.73. The number of anilines is 2. The quantitative estimate of drug-likeness (QED) is 0.622. The summed E-state index contributed by atoms with van der Waals surface area (Å²) in [6.45, 7) is 4.71. The van der Waals surface area contributed by atoms with Gasteiger partial charge >= 0.3 is 0 Å². The van der Waals surface area contributed by atoms with Crippen LogP contribution in [-0.4, -0.2) is 6.04 Å². The van der Waals surface area contributed by atoms with E-state index in [1.54, 1.807) is 0 Å². The number of hydrogen-bond donors (Lipinski definition) is 2. The molecule has 0 spiro atoms. The zero-order valence-corrected chi connectivity index (χ0v) is 12.8. The Morgan fingerprint density at radius 2 is 2.12 bits per heavy atom. The summed E-state index contributed by atoms with van der Waals surface area (Å²) < 4.78 is 1.19. The monoisotopic (exact) mass is 344 g/mol. The molecule has 1 fully saturated rings. The fourth-order valence-electron chi connectivity index (χ4n) is 2.61. The number of rotatable bonds is 2. The van der Waals surface area contributed by atoms with Gasteiger partial charge in [0.15, 0.2) is 0 Å². The van der Waals surface area contributed by atoms with E-state index in [1.165, 1.54) is 29.3 Å². The van der Waals surface area contributed by atoms with Gasteiger partial charge in [0.1, 0.15) is 0 Å². The minimum absolute atomic E-state index is 0.369. The molecule has 0 aliphatic heterocycles. The zero-order chi connectivity index (χ0) is 12.5. The molecule has 1 atom stereocenters. The van der Waals surface area contributed by atoms with Gasteiger partial charge in [0, 0.05) is 9.61 Å². The number of benzene rings is 1. The molecule has 1 saturated carbocycles. The summed E-state index contributed by atoms with van der Waals surface area (Å²) in [5.41, 5.74) is 8.38. The first-order chi connectivity index (χ1) is 7.99. The van der Waals surface area contributed by atoms with Gasteiger partial charge in [0.05, 0.1) is 11.4 Å². The van der Waals surface area contributed by atoms with Crippen molar-refractivity contribution in [3.63, 3.8) is 0 Å². The SMILES string of the molecule is CC1(C)CCCCC1Nc1ccc(I)cc1N. The Labute approximate surface area is 117 Å². The number of nitrogens with two attached hydrogens (primary N) is 1. The van der Waals surface area contributed by atoms with Crippen LogP contribution < -0.4 is 11.1 Å². The van der Waals surface area contributed by atoms with Crippen molar-refractivity contribution in [3.8, 4) is 0 Å². The van der Waals surface area contributed by atoms with E-state index in [0.717, 1.165) is 11.4 Å². The molecule has 3 N–H and O–H groups in total. The van der Waals surface area contributed by atoms with E-state index in [4.69, 9.17) is 5.73 Å². The normalized spacial score (nSPS) is 23.4. The first-order valence-corrected chi connectivity index (χ1v) is 7.38. The minimum atomic E-state index is 0.369. The molecule has 0 saturated heterocycles. The van der Waals surface area contributed by atoms with E-state index in [1.807, 2.05) is 6.07 Å². The molecule has 2 rings (SSSR count). The highest BCUT2D eigenvalue weighted by Crippen LogP contribution is 2.38. The fourth-order valence-corrected chi connectivity index (χ4v) is 3.13. The highest BCUT2D eigenvalue weighted by Gasteiger charge is 2.32. The molecule has 1 aliphatic rings. The second-order valence-corrected chi connectivity index (χ2v) is 6.91. The van der Waals surface area contributed by atoms with Crippen LogP contribution in [0.3, 0.4) is 0 Å². The summed E-state index contributed by atoms with van der Waals surface area (Å²) in [7, 11) is 0. The van der Waals surface area contributed by atoms with Gasteiger partial charge in [0.25, 0.3) is 0 Å². The van der Waals surface area contributed by atoms with Crippen molar-refractivity contribution in [3.05, 3.63) is 21.8 Å². The smallest absolute Gasteiger partial charge is 0.0577 e. The van der Waals surface area contributed by atoms with Gasteiger partial charge in [-0.3, -0.25) is 0 Å². The van der Waals surface area contributed by atoms with Crippen molar-refractivity contribution in [2.45, 2.75) is 45.6 Å². The van der Waals surface area contributed by atoms with Gasteiger partial charge in [-0.2, -0.15) is 0 Å². The molecule has 1 aromatic rings. The van der Waals surface area contributed by atoms with Crippen LogP contribution >= 0.6 is 22.6 Å². The molecule has 0 bridgehead atoms. The maximum Gasteiger partial charge on any atom is 0.0577 e. The minimum Gasteiger partial charge on any atom is -0.397 e. The van der Waals surface area contributed by atoms with Crippen molar-refractivity contribution in [2.75, 3.05) is 11.1 Å². The van der Waals surface area contributed by atoms with Crippen LogP contribution in [0.25, 0.3) is 0 Å². The molecular weight excluding hydrogens is 323 g/mol. The summed E-state index contributed by atoms with van der Waals surface area (Å²) in [5, 5.41) is 3.64. The summed E-state index contributed by atoms with van der Waals surface area (Å²) in [6.07, 6.45) is 5.23. The number of hydrogen-bond acceptors (Lipinski definition) is 2. The van der Waals surface area contributed by atoms with Crippen molar-refractivity contribution in [2.24, 2.45) is 5.41 Å². The van der Waals surface area contributed by atoms with Crippen molar-refractivity contribution in [1.82, 2.24) is 0 Å². The average Bonchev–Trinajstić information content (AvgIpc) is 2.24. The van der Waals surface area contributed by atoms with Crippen molar-refractivity contribution in [1.29, 1.82) is 0 Å². The second kappa shape index (κ2) is 5.04. The van der Waals surface area contributed by atoms with Crippen molar-refractivity contribution < 1.29 is 0 Å². The van der Waals surface area contributed by atoms with Gasteiger partial charge in [-0.25, -0.2) is 0 Å². The first-order valence-electron chi connectivity index (χ1n) is 6.30. The van der Waals surface area contributed by atoms with E-state index in [9.17, 15) is 0 Å². The van der Waals surface area contributed by atoms with Crippen molar-refractivity contribution >= 4 is 34.0 Å². The third kappa shape index (κ3) is 3.06. The lowest BCUT2D eigenvalue weighted by molar-refractivity contribution is 0.217. The third-order valence-electron chi connectivity index (χ3n) is 3.85. The Kier molecular flexibility index (Phi) is 3.85. The Bertz CT molecular complexity index is 401. The standard InChI is InChI=1S/C14H21IN2/c1-14(2)8-4-3-5-13(14)17-12-7-6-10(15)9-11(12)16/h6-7,9,13,17H,3-5,8,16H2,1-2H3. The van der Waals surface area contributed by atoms with Crippen LogP contribution in [0.4, 0.5) is 11.4 Å². The topological polar surface area (TPSA) is 38.0 Å². The maximum atomic E-state index is 6.06. The van der Waals surface area contributed by atoms with Crippen LogP contribution in [-0.2, 0) is 0 Å². The lowest BCUT2D eigenvalue weighted by Crippen LogP contribution is -2.39. The summed E-state index contributed by atoms with van der Waals surface area (Å²) >= 11 is 2.29. The van der Waals surface area contributed by atoms with E-state index in [2.05, 4.69) is 53.9 Å². The van der Waals surface area contributed by atoms with E-state index < -0.39 is 0 Å². The molecule has 1 unspecified atom stereocenters. The zero-order valence-electron chi connectivity index (χ0n) is 10.6. The average molecular weight is 344 g/mol. The van der Waals surface area contributed by atoms with Crippen LogP contribution in [0.15, 0.2) is 18.2 Å². The van der Waals surface area contributed by atoms with E-state index >= 15 is 0 Å². The maximum absolute atomic E-state index is 6.06. The van der Waals surface area contributed by atoms with E-state index in [0.29, 0.717) is 11.5 Å². The molecule has 17 heavy (non-hydrogen) atoms. The molecule has 3 heteroatoms. The van der Waals surface area contributed by atoms with Crippen LogP contribution in [0.1, 0.15) is 39.5 Å². The predicted molar refractivity (Wildman–Crippen MR) is 83.2 cm³/mol. The van der Waals surface area contributed by atoms with Gasteiger partial charge in [-0.15, -0.1) is 0 Å². The Hall–Kier alpha value is -0.450. The molecule has 2 nitrogen and oxygen atoms in total. The summed E-state index contributed by atoms with van der Waals surface area (Å²) in [5.74, 6) is 0. The number of halogens is 1. The molecule has 94 valence electrons. The molecule has 1 aromatic carbocycles. The highest BCUT2D eigenvalue weighted by atomic mass is 127. The first kappa shape index (κ1) is 13.0. The van der Waals surface area contributed by atoms with Crippen LogP contribution in [0.5, 0.6) is 0 Å². The van der Waals surface area contributed by atoms with Gasteiger partial charge in [-0.05, 0) is 59.0 Å². The Morgan fingerprint density at radius 1 is 1.35 bits per heavy atom. The summed E-state index contributed by atoms with van der Waals surface area (Å²) in [6, 6.07) is 6.77. The fraction of sp³-hybridized carbons (Fsp3) is 0.571. The van der Waals surface area contributed by atoms with Gasteiger partial charge < -0.3 is 11.1 Å². The molecule has 1 aliphatic carbocycles. The summed E-state index contributed by atoms with van der Waals surface area (Å²) in [4.78, 5) is 0. The molecular formula is C14H21IN2. The Balaban J connectivity index is 2.14. The van der Waals surface area contributed by atoms with Gasteiger partial charge in [0.2, 0.25) is 0 Å². The molecule has 0 amide bonds. The third-order valence-corrected chi connectivity index (χ3v) is 4.52. The van der Waals surface area contributed by atoms with Crippen LogP contribution in [0.2, 0.25) is 0 Å². The van der Waals surface area contributed by atoms with Gasteiger partial charge in [-0.1, -0.05) is 26.7 Å². The molecule has 0 heterocycles. The second-order valence-electron chi connectivity index (χ2n) is 5.66. The molecule has 0 radical (unpaired) electrons. The van der Waals surface area contributed by atoms with Crippen LogP contribution in [0, 0.1) is 8.99 Å². The highest BCUT2D eigenvalue weighted by molar-refractivity contribution is 14.1. The van der Waals surface area contributed by atoms with E-state index in [-0.39, 0.29) is 0 Å². The number of nitrogens with one attached hydrogen (secondary N) is 1. The Morgan fingerprint density at radius 3 is 2.76 bits per heavy atom.